The molecule has 0 aliphatic carbocycles. The van der Waals surface area contributed by atoms with Crippen LogP contribution in [0.1, 0.15) is 10.4 Å². The second-order valence-electron chi connectivity index (χ2n) is 4.69. The normalized spacial score (nSPS) is 9.72. The molecule has 2 rings (SSSR count). The molecule has 25 heavy (non-hydrogen) atoms. The number of hydrogen-bond donors (Lipinski definition) is 3. The van der Waals surface area contributed by atoms with Crippen molar-refractivity contribution in [3.05, 3.63) is 42.2 Å². The van der Waals surface area contributed by atoms with Crippen LogP contribution in [-0.4, -0.2) is 37.3 Å². The zero-order valence-electron chi connectivity index (χ0n) is 14.0. The molecule has 2 aromatic rings. The van der Waals surface area contributed by atoms with E-state index < -0.39 is 0 Å². The van der Waals surface area contributed by atoms with Gasteiger partial charge in [0.2, 0.25) is 5.75 Å². The molecule has 0 aliphatic heterocycles. The van der Waals surface area contributed by atoms with E-state index in [9.17, 15) is 4.79 Å². The highest BCUT2D eigenvalue weighted by atomic mass is 32.1. The first-order valence-electron chi connectivity index (χ1n) is 7.16. The summed E-state index contributed by atoms with van der Waals surface area (Å²) >= 11 is 5.16. The summed E-state index contributed by atoms with van der Waals surface area (Å²) in [5, 5.41) is 3.11. The van der Waals surface area contributed by atoms with E-state index in [0.29, 0.717) is 28.5 Å². The van der Waals surface area contributed by atoms with E-state index in [-0.39, 0.29) is 11.0 Å². The fraction of sp³-hybridized carbons (Fsp3) is 0.188. The first-order chi connectivity index (χ1) is 12.1. The molecule has 9 heteroatoms. The maximum Gasteiger partial charge on any atom is 0.271 e. The Bertz CT molecular complexity index is 730. The highest BCUT2D eigenvalue weighted by Gasteiger charge is 2.14. The van der Waals surface area contributed by atoms with Crippen molar-refractivity contribution >= 4 is 28.9 Å². The van der Waals surface area contributed by atoms with Crippen molar-refractivity contribution < 1.29 is 19.0 Å². The van der Waals surface area contributed by atoms with E-state index in [1.54, 1.807) is 30.5 Å². The van der Waals surface area contributed by atoms with Crippen LogP contribution in [0.15, 0.2) is 36.7 Å². The van der Waals surface area contributed by atoms with Gasteiger partial charge in [-0.25, -0.2) is 0 Å². The Morgan fingerprint density at radius 3 is 2.28 bits per heavy atom. The average Bonchev–Trinajstić information content (AvgIpc) is 2.65. The maximum atomic E-state index is 11.9. The molecule has 0 fully saturated rings. The van der Waals surface area contributed by atoms with E-state index >= 15 is 0 Å². The fourth-order valence-corrected chi connectivity index (χ4v) is 2.17. The van der Waals surface area contributed by atoms with E-state index in [0.717, 1.165) is 0 Å². The average molecular weight is 362 g/mol. The van der Waals surface area contributed by atoms with Crippen LogP contribution >= 0.6 is 12.2 Å². The van der Waals surface area contributed by atoms with Crippen LogP contribution in [0.4, 0.5) is 5.69 Å². The fourth-order valence-electron chi connectivity index (χ4n) is 2.00. The minimum absolute atomic E-state index is 0.187. The quantitative estimate of drug-likeness (QED) is 0.547. The van der Waals surface area contributed by atoms with Crippen LogP contribution in [0.25, 0.3) is 0 Å². The number of thiocarbonyl (C=S) groups is 1. The van der Waals surface area contributed by atoms with Crippen LogP contribution in [0.3, 0.4) is 0 Å². The lowest BCUT2D eigenvalue weighted by molar-refractivity contribution is 0.0944. The molecule has 3 N–H and O–H groups in total. The van der Waals surface area contributed by atoms with E-state index in [2.05, 4.69) is 21.2 Å². The minimum Gasteiger partial charge on any atom is -0.493 e. The van der Waals surface area contributed by atoms with Gasteiger partial charge in [0.05, 0.1) is 26.9 Å². The van der Waals surface area contributed by atoms with E-state index in [4.69, 9.17) is 26.4 Å². The number of ether oxygens (including phenoxy) is 3. The molecule has 0 unspecified atom stereocenters. The van der Waals surface area contributed by atoms with Gasteiger partial charge in [-0.15, -0.1) is 0 Å². The second-order valence-corrected chi connectivity index (χ2v) is 5.10. The van der Waals surface area contributed by atoms with Gasteiger partial charge < -0.3 is 19.5 Å². The second kappa shape index (κ2) is 8.69. The highest BCUT2D eigenvalue weighted by molar-refractivity contribution is 7.80. The number of pyridine rings is 1. The number of nitrogens with zero attached hydrogens (tertiary/aromatic N) is 1. The van der Waals surface area contributed by atoms with Crippen molar-refractivity contribution in [2.45, 2.75) is 0 Å². The summed E-state index contributed by atoms with van der Waals surface area (Å²) in [7, 11) is 4.56. The van der Waals surface area contributed by atoms with Crippen molar-refractivity contribution in [2.75, 3.05) is 26.6 Å². The smallest absolute Gasteiger partial charge is 0.271 e. The number of hydrazine groups is 1. The van der Waals surface area contributed by atoms with Gasteiger partial charge >= 0.3 is 0 Å². The van der Waals surface area contributed by atoms with Gasteiger partial charge in [-0.2, -0.15) is 0 Å². The molecule has 0 atom stereocenters. The zero-order valence-corrected chi connectivity index (χ0v) is 14.8. The lowest BCUT2D eigenvalue weighted by Crippen LogP contribution is -2.43. The third-order valence-corrected chi connectivity index (χ3v) is 3.34. The SMILES string of the molecule is COc1cc(NC(=S)NNC(=O)c2cccnc2)cc(OC)c1OC. The van der Waals surface area contributed by atoms with E-state index in [1.165, 1.54) is 27.5 Å². The topological polar surface area (TPSA) is 93.7 Å². The maximum absolute atomic E-state index is 11.9. The number of amides is 1. The monoisotopic (exact) mass is 362 g/mol. The molecule has 0 bridgehead atoms. The number of carbonyl (C=O) groups is 1. The van der Waals surface area contributed by atoms with Gasteiger partial charge in [-0.3, -0.25) is 20.6 Å². The van der Waals surface area contributed by atoms with Gasteiger partial charge in [0.1, 0.15) is 0 Å². The molecule has 1 aromatic heterocycles. The Kier molecular flexibility index (Phi) is 6.35. The van der Waals surface area contributed by atoms with Crippen molar-refractivity contribution in [1.29, 1.82) is 0 Å². The molecule has 1 amide bonds. The molecule has 132 valence electrons. The Morgan fingerprint density at radius 2 is 1.76 bits per heavy atom. The Labute approximate surface area is 150 Å². The summed E-state index contributed by atoms with van der Waals surface area (Å²) in [6, 6.07) is 6.69. The molecule has 1 aromatic carbocycles. The first-order valence-corrected chi connectivity index (χ1v) is 7.57. The van der Waals surface area contributed by atoms with Crippen molar-refractivity contribution in [2.24, 2.45) is 0 Å². The summed E-state index contributed by atoms with van der Waals surface area (Å²) in [5.41, 5.74) is 6.10. The van der Waals surface area contributed by atoms with E-state index in [1.807, 2.05) is 0 Å². The number of benzene rings is 1. The molecular weight excluding hydrogens is 344 g/mol. The molecular formula is C16H18N4O4S. The third-order valence-electron chi connectivity index (χ3n) is 3.14. The number of rotatable bonds is 5. The molecule has 0 radical (unpaired) electrons. The van der Waals surface area contributed by atoms with Crippen LogP contribution in [0.5, 0.6) is 17.2 Å². The third kappa shape index (κ3) is 4.70. The highest BCUT2D eigenvalue weighted by Crippen LogP contribution is 2.39. The first kappa shape index (κ1) is 18.3. The number of anilines is 1. The van der Waals surface area contributed by atoms with Crippen molar-refractivity contribution in [3.63, 3.8) is 0 Å². The van der Waals surface area contributed by atoms with Gasteiger partial charge in [0.25, 0.3) is 5.91 Å². The predicted molar refractivity (Wildman–Crippen MR) is 97.2 cm³/mol. The lowest BCUT2D eigenvalue weighted by Gasteiger charge is -2.16. The summed E-state index contributed by atoms with van der Waals surface area (Å²) in [6.07, 6.45) is 3.04. The number of methoxy groups -OCH3 is 3. The molecule has 0 saturated heterocycles. The van der Waals surface area contributed by atoms with Gasteiger partial charge in [0.15, 0.2) is 16.6 Å². The largest absolute Gasteiger partial charge is 0.493 e. The van der Waals surface area contributed by atoms with Crippen LogP contribution in [0.2, 0.25) is 0 Å². The number of aromatic nitrogens is 1. The van der Waals surface area contributed by atoms with Gasteiger partial charge in [-0.1, -0.05) is 0 Å². The molecule has 1 heterocycles. The molecule has 0 spiro atoms. The molecule has 0 aliphatic rings. The van der Waals surface area contributed by atoms with Crippen LogP contribution in [-0.2, 0) is 0 Å². The number of nitrogens with one attached hydrogen (secondary N) is 3. The minimum atomic E-state index is -0.359. The summed E-state index contributed by atoms with van der Waals surface area (Å²) in [5.74, 6) is 1.07. The van der Waals surface area contributed by atoms with Crippen molar-refractivity contribution in [1.82, 2.24) is 15.8 Å². The lowest BCUT2D eigenvalue weighted by atomic mass is 10.2. The number of carbonyl (C=O) groups excluding carboxylic acids is 1. The Hall–Kier alpha value is -3.07. The van der Waals surface area contributed by atoms with Crippen LogP contribution < -0.4 is 30.4 Å². The Morgan fingerprint density at radius 1 is 1.08 bits per heavy atom. The number of hydrogen-bond acceptors (Lipinski definition) is 6. The molecule has 0 saturated carbocycles. The van der Waals surface area contributed by atoms with Gasteiger partial charge in [-0.05, 0) is 24.4 Å². The standard InChI is InChI=1S/C16H18N4O4S/c1-22-12-7-11(8-13(23-2)14(12)24-3)18-16(25)20-19-15(21)10-5-4-6-17-9-10/h4-9H,1-3H3,(H,19,21)(H2,18,20,25). The van der Waals surface area contributed by atoms with Crippen molar-refractivity contribution in [3.8, 4) is 17.2 Å². The summed E-state index contributed by atoms with van der Waals surface area (Å²) in [4.78, 5) is 15.8. The molecule has 8 nitrogen and oxygen atoms in total. The van der Waals surface area contributed by atoms with Crippen LogP contribution in [0, 0.1) is 0 Å². The predicted octanol–water partition coefficient (Wildman–Crippen LogP) is 1.74. The van der Waals surface area contributed by atoms with Gasteiger partial charge in [0, 0.05) is 30.2 Å². The summed E-state index contributed by atoms with van der Waals surface area (Å²) in [6.45, 7) is 0. The summed E-state index contributed by atoms with van der Waals surface area (Å²) < 4.78 is 15.8. The zero-order chi connectivity index (χ0) is 18.2. The Balaban J connectivity index is 2.02.